The lowest BCUT2D eigenvalue weighted by Gasteiger charge is -2.35. The van der Waals surface area contributed by atoms with Gasteiger partial charge in [-0.05, 0) is 18.4 Å². The van der Waals surface area contributed by atoms with Gasteiger partial charge in [0.25, 0.3) is 0 Å². The third-order valence-electron chi connectivity index (χ3n) is 4.07. The highest BCUT2D eigenvalue weighted by atomic mass is 16.3. The summed E-state index contributed by atoms with van der Waals surface area (Å²) >= 11 is 0. The summed E-state index contributed by atoms with van der Waals surface area (Å²) < 4.78 is 0. The Morgan fingerprint density at radius 1 is 1.25 bits per heavy atom. The van der Waals surface area contributed by atoms with E-state index in [2.05, 4.69) is 0 Å². The van der Waals surface area contributed by atoms with E-state index in [0.717, 1.165) is 18.4 Å². The van der Waals surface area contributed by atoms with E-state index in [9.17, 15) is 9.90 Å². The van der Waals surface area contributed by atoms with Gasteiger partial charge in [-0.25, -0.2) is 0 Å². The minimum atomic E-state index is -0.510. The molecule has 0 atom stereocenters. The van der Waals surface area contributed by atoms with Crippen LogP contribution in [0.1, 0.15) is 32.3 Å². The molecule has 0 saturated heterocycles. The number of carbonyl (C=O) groups is 1. The van der Waals surface area contributed by atoms with Crippen molar-refractivity contribution in [3.8, 4) is 0 Å². The van der Waals surface area contributed by atoms with E-state index >= 15 is 0 Å². The summed E-state index contributed by atoms with van der Waals surface area (Å²) in [5.74, 6) is 0.0444. The summed E-state index contributed by atoms with van der Waals surface area (Å²) in [7, 11) is 0. The number of hydrogen-bond donors (Lipinski definition) is 2. The van der Waals surface area contributed by atoms with Crippen LogP contribution in [0.4, 0.5) is 0 Å². The Balaban J connectivity index is 2.92. The van der Waals surface area contributed by atoms with Crippen LogP contribution in [0.5, 0.6) is 0 Å². The van der Waals surface area contributed by atoms with E-state index < -0.39 is 5.41 Å². The maximum Gasteiger partial charge on any atom is 0.230 e. The number of nitrogens with zero attached hydrogens (tertiary/aromatic N) is 1. The molecule has 1 amide bonds. The number of hydrogen-bond acceptors (Lipinski definition) is 3. The number of nitrogens with two attached hydrogens (primary N) is 1. The fourth-order valence-corrected chi connectivity index (χ4v) is 2.44. The van der Waals surface area contributed by atoms with Gasteiger partial charge in [-0.1, -0.05) is 44.2 Å². The molecule has 0 fully saturated rings. The summed E-state index contributed by atoms with van der Waals surface area (Å²) in [4.78, 5) is 14.5. The van der Waals surface area contributed by atoms with Gasteiger partial charge < -0.3 is 15.7 Å². The number of amides is 1. The maximum absolute atomic E-state index is 12.8. The van der Waals surface area contributed by atoms with Crippen molar-refractivity contribution < 1.29 is 9.90 Å². The summed E-state index contributed by atoms with van der Waals surface area (Å²) in [5.41, 5.74) is 6.40. The molecule has 1 aromatic rings. The number of rotatable bonds is 8. The van der Waals surface area contributed by atoms with Crippen LogP contribution in [0.25, 0.3) is 0 Å². The highest BCUT2D eigenvalue weighted by Crippen LogP contribution is 2.28. The van der Waals surface area contributed by atoms with Crippen molar-refractivity contribution in [2.45, 2.75) is 33.2 Å². The first-order chi connectivity index (χ1) is 9.63. The van der Waals surface area contributed by atoms with Crippen LogP contribution in [0.2, 0.25) is 0 Å². The summed E-state index contributed by atoms with van der Waals surface area (Å²) in [6.07, 6.45) is 1.44. The number of aliphatic hydroxyl groups is 1. The van der Waals surface area contributed by atoms with Crippen LogP contribution in [0.3, 0.4) is 0 Å². The van der Waals surface area contributed by atoms with Crippen molar-refractivity contribution in [3.05, 3.63) is 35.9 Å². The standard InChI is InChI=1S/C16H26N2O2/c1-3-16(4-2,13-17)15(20)18(10-11-19)12-14-8-6-5-7-9-14/h5-9,19H,3-4,10-13,17H2,1-2H3. The van der Waals surface area contributed by atoms with E-state index in [1.165, 1.54) is 0 Å². The van der Waals surface area contributed by atoms with Gasteiger partial charge in [0, 0.05) is 19.6 Å². The zero-order valence-electron chi connectivity index (χ0n) is 12.5. The first-order valence-electron chi connectivity index (χ1n) is 7.27. The smallest absolute Gasteiger partial charge is 0.230 e. The lowest BCUT2D eigenvalue weighted by atomic mass is 9.81. The molecule has 3 N–H and O–H groups in total. The lowest BCUT2D eigenvalue weighted by molar-refractivity contribution is -0.143. The quantitative estimate of drug-likeness (QED) is 0.761. The number of aliphatic hydroxyl groups excluding tert-OH is 1. The Morgan fingerprint density at radius 3 is 2.30 bits per heavy atom. The molecule has 112 valence electrons. The predicted octanol–water partition coefficient (Wildman–Crippen LogP) is 1.77. The normalized spacial score (nSPS) is 11.4. The fourth-order valence-electron chi connectivity index (χ4n) is 2.44. The third kappa shape index (κ3) is 3.81. The summed E-state index contributed by atoms with van der Waals surface area (Å²) in [5, 5.41) is 9.22. The molecule has 0 aromatic heterocycles. The zero-order valence-corrected chi connectivity index (χ0v) is 12.5. The number of carbonyl (C=O) groups excluding carboxylic acids is 1. The van der Waals surface area contributed by atoms with Crippen molar-refractivity contribution in [1.29, 1.82) is 0 Å². The van der Waals surface area contributed by atoms with E-state index in [-0.39, 0.29) is 12.5 Å². The molecular formula is C16H26N2O2. The lowest BCUT2D eigenvalue weighted by Crippen LogP contribution is -2.48. The van der Waals surface area contributed by atoms with Crippen molar-refractivity contribution in [2.24, 2.45) is 11.1 Å². The molecule has 0 spiro atoms. The van der Waals surface area contributed by atoms with Gasteiger partial charge in [-0.2, -0.15) is 0 Å². The van der Waals surface area contributed by atoms with E-state index in [1.54, 1.807) is 4.90 Å². The molecule has 0 bridgehead atoms. The first-order valence-corrected chi connectivity index (χ1v) is 7.27. The Kier molecular flexibility index (Phi) is 6.68. The largest absolute Gasteiger partial charge is 0.395 e. The molecule has 0 aliphatic heterocycles. The molecule has 4 heteroatoms. The van der Waals surface area contributed by atoms with Crippen molar-refractivity contribution in [2.75, 3.05) is 19.7 Å². The topological polar surface area (TPSA) is 66.6 Å². The van der Waals surface area contributed by atoms with Crippen LogP contribution in [-0.2, 0) is 11.3 Å². The Morgan fingerprint density at radius 2 is 1.85 bits per heavy atom. The molecule has 0 unspecified atom stereocenters. The zero-order chi connectivity index (χ0) is 15.0. The van der Waals surface area contributed by atoms with Gasteiger partial charge in [0.2, 0.25) is 5.91 Å². The van der Waals surface area contributed by atoms with E-state index in [0.29, 0.717) is 19.6 Å². The van der Waals surface area contributed by atoms with Gasteiger partial charge in [0.05, 0.1) is 12.0 Å². The van der Waals surface area contributed by atoms with Crippen LogP contribution in [0.15, 0.2) is 30.3 Å². The Labute approximate surface area is 121 Å². The molecule has 0 radical (unpaired) electrons. The second-order valence-electron chi connectivity index (χ2n) is 5.13. The van der Waals surface area contributed by atoms with Crippen molar-refractivity contribution >= 4 is 5.91 Å². The minimum Gasteiger partial charge on any atom is -0.395 e. The van der Waals surface area contributed by atoms with Crippen molar-refractivity contribution in [3.63, 3.8) is 0 Å². The van der Waals surface area contributed by atoms with Gasteiger partial charge in [0.15, 0.2) is 0 Å². The third-order valence-corrected chi connectivity index (χ3v) is 4.07. The van der Waals surface area contributed by atoms with Crippen LogP contribution < -0.4 is 5.73 Å². The predicted molar refractivity (Wildman–Crippen MR) is 81.0 cm³/mol. The molecular weight excluding hydrogens is 252 g/mol. The molecule has 4 nitrogen and oxygen atoms in total. The van der Waals surface area contributed by atoms with Gasteiger partial charge in [0.1, 0.15) is 0 Å². The van der Waals surface area contributed by atoms with Crippen molar-refractivity contribution in [1.82, 2.24) is 4.90 Å². The first kappa shape index (κ1) is 16.7. The van der Waals surface area contributed by atoms with Crippen LogP contribution in [0, 0.1) is 5.41 Å². The number of benzene rings is 1. The second kappa shape index (κ2) is 8.02. The van der Waals surface area contributed by atoms with E-state index in [1.807, 2.05) is 44.2 Å². The average molecular weight is 278 g/mol. The maximum atomic E-state index is 12.8. The molecule has 0 aliphatic rings. The highest BCUT2D eigenvalue weighted by molar-refractivity contribution is 5.83. The van der Waals surface area contributed by atoms with Gasteiger partial charge in [-0.3, -0.25) is 4.79 Å². The Bertz CT molecular complexity index is 394. The second-order valence-corrected chi connectivity index (χ2v) is 5.13. The van der Waals surface area contributed by atoms with Crippen LogP contribution in [-0.4, -0.2) is 35.6 Å². The molecule has 0 heterocycles. The SMILES string of the molecule is CCC(CC)(CN)C(=O)N(CCO)Cc1ccccc1. The molecule has 20 heavy (non-hydrogen) atoms. The molecule has 0 saturated carbocycles. The summed E-state index contributed by atoms with van der Waals surface area (Å²) in [6.45, 7) is 5.15. The fraction of sp³-hybridized carbons (Fsp3) is 0.562. The minimum absolute atomic E-state index is 0.0351. The molecule has 0 aliphatic carbocycles. The monoisotopic (exact) mass is 278 g/mol. The highest BCUT2D eigenvalue weighted by Gasteiger charge is 2.36. The Hall–Kier alpha value is -1.39. The average Bonchev–Trinajstić information content (AvgIpc) is 2.50. The van der Waals surface area contributed by atoms with Gasteiger partial charge >= 0.3 is 0 Å². The molecule has 1 rings (SSSR count). The molecule has 1 aromatic carbocycles. The summed E-state index contributed by atoms with van der Waals surface area (Å²) in [6, 6.07) is 9.82. The van der Waals surface area contributed by atoms with E-state index in [4.69, 9.17) is 5.73 Å². The van der Waals surface area contributed by atoms with Gasteiger partial charge in [-0.15, -0.1) is 0 Å². The van der Waals surface area contributed by atoms with Crippen LogP contribution >= 0.6 is 0 Å².